The molecule has 0 radical (unpaired) electrons. The van der Waals surface area contributed by atoms with Crippen LogP contribution < -0.4 is 0 Å². The van der Waals surface area contributed by atoms with Crippen LogP contribution in [-0.4, -0.2) is 37.0 Å². The highest BCUT2D eigenvalue weighted by Gasteiger charge is 2.22. The van der Waals surface area contributed by atoms with Gasteiger partial charge >= 0.3 is 5.97 Å². The molecule has 0 saturated carbocycles. The molecule has 6 nitrogen and oxygen atoms in total. The van der Waals surface area contributed by atoms with Gasteiger partial charge in [-0.2, -0.15) is 5.10 Å². The fraction of sp³-hybridized carbons (Fsp3) is 0.222. The van der Waals surface area contributed by atoms with Gasteiger partial charge in [0.25, 0.3) is 0 Å². The molecule has 0 atom stereocenters. The van der Waals surface area contributed by atoms with Gasteiger partial charge in [0.05, 0.1) is 22.9 Å². The first-order valence-electron chi connectivity index (χ1n) is 7.88. The van der Waals surface area contributed by atoms with Gasteiger partial charge < -0.3 is 4.74 Å². The highest BCUT2D eigenvalue weighted by Crippen LogP contribution is 2.29. The molecule has 0 aliphatic rings. The van der Waals surface area contributed by atoms with Gasteiger partial charge in [0, 0.05) is 11.3 Å². The highest BCUT2D eigenvalue weighted by molar-refractivity contribution is 7.90. The number of sulfone groups is 1. The van der Waals surface area contributed by atoms with Crippen LogP contribution in [0.2, 0.25) is 5.02 Å². The molecular weight excluding hydrogens is 376 g/mol. The molecule has 0 unspecified atom stereocenters. The number of carbonyl (C=O) groups is 1. The summed E-state index contributed by atoms with van der Waals surface area (Å²) in [5.74, 6) is -0.566. The number of nitrogens with zero attached hydrogens (tertiary/aromatic N) is 2. The summed E-state index contributed by atoms with van der Waals surface area (Å²) in [6, 6.07) is 9.98. The summed E-state index contributed by atoms with van der Waals surface area (Å²) in [6.07, 6.45) is 1.11. The van der Waals surface area contributed by atoms with E-state index in [9.17, 15) is 13.2 Å². The van der Waals surface area contributed by atoms with Crippen LogP contribution in [0.15, 0.2) is 41.3 Å². The molecular formula is C18H17ClN2O4S. The molecule has 1 heterocycles. The Balaban J connectivity index is 2.34. The molecule has 0 aliphatic carbocycles. The standard InChI is InChI=1S/C18H17ClN2O4S/c1-4-25-18(22)16-7-11(2)20-21(16)15-9-12-5-6-14(19)8-13(12)10-17(15)26(3,23)24/h5-10H,4H2,1-3H3. The summed E-state index contributed by atoms with van der Waals surface area (Å²) in [5, 5.41) is 6.28. The zero-order valence-electron chi connectivity index (χ0n) is 14.5. The van der Waals surface area contributed by atoms with E-state index in [4.69, 9.17) is 16.3 Å². The summed E-state index contributed by atoms with van der Waals surface area (Å²) in [5.41, 5.74) is 1.03. The molecule has 0 fully saturated rings. The van der Waals surface area contributed by atoms with Crippen molar-refractivity contribution in [3.8, 4) is 5.69 Å². The third-order valence-corrected chi connectivity index (χ3v) is 5.18. The Hall–Kier alpha value is -2.38. The Kier molecular flexibility index (Phi) is 4.77. The van der Waals surface area contributed by atoms with Crippen LogP contribution in [-0.2, 0) is 14.6 Å². The number of halogens is 1. The fourth-order valence-corrected chi connectivity index (χ4v) is 3.78. The molecule has 0 saturated heterocycles. The number of rotatable bonds is 4. The first kappa shape index (κ1) is 18.4. The number of esters is 1. The highest BCUT2D eigenvalue weighted by atomic mass is 35.5. The number of aromatic nitrogens is 2. The van der Waals surface area contributed by atoms with E-state index >= 15 is 0 Å². The fourth-order valence-electron chi connectivity index (χ4n) is 2.73. The smallest absolute Gasteiger partial charge is 0.357 e. The first-order valence-corrected chi connectivity index (χ1v) is 10.1. The summed E-state index contributed by atoms with van der Waals surface area (Å²) in [7, 11) is -3.59. The maximum atomic E-state index is 12.4. The van der Waals surface area contributed by atoms with E-state index in [2.05, 4.69) is 5.10 Å². The van der Waals surface area contributed by atoms with Crippen LogP contribution in [0.5, 0.6) is 0 Å². The van der Waals surface area contributed by atoms with Crippen molar-refractivity contribution in [2.45, 2.75) is 18.7 Å². The van der Waals surface area contributed by atoms with E-state index in [0.717, 1.165) is 11.6 Å². The van der Waals surface area contributed by atoms with Crippen molar-refractivity contribution < 1.29 is 17.9 Å². The number of ether oxygens (including phenoxy) is 1. The average Bonchev–Trinajstić information content (AvgIpc) is 2.95. The van der Waals surface area contributed by atoms with Crippen LogP contribution in [0.4, 0.5) is 0 Å². The van der Waals surface area contributed by atoms with Crippen molar-refractivity contribution in [1.82, 2.24) is 9.78 Å². The Morgan fingerprint density at radius 3 is 2.58 bits per heavy atom. The normalized spacial score (nSPS) is 11.7. The van der Waals surface area contributed by atoms with E-state index in [1.165, 1.54) is 10.7 Å². The van der Waals surface area contributed by atoms with Gasteiger partial charge in [-0.25, -0.2) is 17.9 Å². The van der Waals surface area contributed by atoms with Crippen molar-refractivity contribution in [2.24, 2.45) is 0 Å². The van der Waals surface area contributed by atoms with Gasteiger partial charge in [-0.05, 0) is 55.0 Å². The number of benzene rings is 2. The molecule has 0 amide bonds. The molecule has 3 aromatic rings. The van der Waals surface area contributed by atoms with E-state index in [1.54, 1.807) is 44.2 Å². The van der Waals surface area contributed by atoms with Gasteiger partial charge in [-0.15, -0.1) is 0 Å². The Morgan fingerprint density at radius 2 is 1.92 bits per heavy atom. The lowest BCUT2D eigenvalue weighted by Crippen LogP contribution is -2.14. The Labute approximate surface area is 156 Å². The van der Waals surface area contributed by atoms with Crippen molar-refractivity contribution in [3.05, 3.63) is 52.8 Å². The van der Waals surface area contributed by atoms with Gasteiger partial charge in [0.1, 0.15) is 0 Å². The number of hydrogen-bond acceptors (Lipinski definition) is 5. The van der Waals surface area contributed by atoms with E-state index in [-0.39, 0.29) is 17.2 Å². The van der Waals surface area contributed by atoms with E-state index in [1.807, 2.05) is 0 Å². The minimum atomic E-state index is -3.59. The van der Waals surface area contributed by atoms with Gasteiger partial charge in [-0.1, -0.05) is 17.7 Å². The molecule has 3 rings (SSSR count). The molecule has 26 heavy (non-hydrogen) atoms. The van der Waals surface area contributed by atoms with Crippen molar-refractivity contribution in [2.75, 3.05) is 12.9 Å². The van der Waals surface area contributed by atoms with Crippen LogP contribution >= 0.6 is 11.6 Å². The summed E-state index contributed by atoms with van der Waals surface area (Å²) < 4.78 is 31.1. The Morgan fingerprint density at radius 1 is 1.19 bits per heavy atom. The number of carbonyl (C=O) groups excluding carboxylic acids is 1. The van der Waals surface area contributed by atoms with Crippen LogP contribution in [0, 0.1) is 6.92 Å². The minimum absolute atomic E-state index is 0.0564. The predicted octanol–water partition coefficient (Wildman–Crippen LogP) is 3.57. The minimum Gasteiger partial charge on any atom is -0.461 e. The second-order valence-corrected chi connectivity index (χ2v) is 8.31. The SMILES string of the molecule is CCOC(=O)c1cc(C)nn1-c1cc2ccc(Cl)cc2cc1S(C)(=O)=O. The first-order chi connectivity index (χ1) is 12.2. The predicted molar refractivity (Wildman–Crippen MR) is 99.9 cm³/mol. The van der Waals surface area contributed by atoms with Gasteiger partial charge in [0.15, 0.2) is 15.5 Å². The lowest BCUT2D eigenvalue weighted by molar-refractivity contribution is 0.0515. The van der Waals surface area contributed by atoms with Crippen molar-refractivity contribution >= 4 is 38.2 Å². The molecule has 0 N–H and O–H groups in total. The molecule has 0 spiro atoms. The molecule has 136 valence electrons. The number of fused-ring (bicyclic) bond motifs is 1. The largest absolute Gasteiger partial charge is 0.461 e. The van der Waals surface area contributed by atoms with E-state index in [0.29, 0.717) is 21.8 Å². The third kappa shape index (κ3) is 3.45. The number of hydrogen-bond donors (Lipinski definition) is 0. The Bertz CT molecular complexity index is 1120. The monoisotopic (exact) mass is 392 g/mol. The quantitative estimate of drug-likeness (QED) is 0.634. The third-order valence-electron chi connectivity index (χ3n) is 3.82. The topological polar surface area (TPSA) is 78.3 Å². The molecule has 0 bridgehead atoms. The lowest BCUT2D eigenvalue weighted by atomic mass is 10.1. The summed E-state index contributed by atoms with van der Waals surface area (Å²) in [4.78, 5) is 12.3. The molecule has 8 heteroatoms. The van der Waals surface area contributed by atoms with Crippen LogP contribution in [0.3, 0.4) is 0 Å². The molecule has 1 aromatic heterocycles. The number of aryl methyl sites for hydroxylation is 1. The van der Waals surface area contributed by atoms with E-state index < -0.39 is 15.8 Å². The average molecular weight is 393 g/mol. The molecule has 2 aromatic carbocycles. The second-order valence-electron chi connectivity index (χ2n) is 5.89. The van der Waals surface area contributed by atoms with Crippen molar-refractivity contribution in [1.29, 1.82) is 0 Å². The summed E-state index contributed by atoms with van der Waals surface area (Å²) >= 11 is 6.02. The van der Waals surface area contributed by atoms with Crippen LogP contribution in [0.25, 0.3) is 16.5 Å². The van der Waals surface area contributed by atoms with Crippen LogP contribution in [0.1, 0.15) is 23.1 Å². The maximum absolute atomic E-state index is 12.4. The van der Waals surface area contributed by atoms with Gasteiger partial charge in [0.2, 0.25) is 0 Å². The molecule has 0 aliphatic heterocycles. The van der Waals surface area contributed by atoms with Crippen molar-refractivity contribution in [3.63, 3.8) is 0 Å². The zero-order valence-corrected chi connectivity index (χ0v) is 16.1. The zero-order chi connectivity index (χ0) is 19.1. The second kappa shape index (κ2) is 6.74. The maximum Gasteiger partial charge on any atom is 0.357 e. The summed E-state index contributed by atoms with van der Waals surface area (Å²) in [6.45, 7) is 3.63. The van der Waals surface area contributed by atoms with Gasteiger partial charge in [-0.3, -0.25) is 0 Å². The lowest BCUT2D eigenvalue weighted by Gasteiger charge is -2.13.